The number of aryl methyl sites for hydroxylation is 1. The van der Waals surface area contributed by atoms with Crippen molar-refractivity contribution in [2.45, 2.75) is 32.4 Å². The van der Waals surface area contributed by atoms with Gasteiger partial charge in [-0.1, -0.05) is 41.9 Å². The van der Waals surface area contributed by atoms with Gasteiger partial charge in [0.2, 0.25) is 5.91 Å². The molecule has 1 aliphatic rings. The minimum Gasteiger partial charge on any atom is -0.468 e. The molecule has 3 rings (SSSR count). The molecule has 0 spiro atoms. The Morgan fingerprint density at radius 2 is 1.90 bits per heavy atom. The number of esters is 1. The van der Waals surface area contributed by atoms with Gasteiger partial charge in [-0.25, -0.2) is 4.79 Å². The summed E-state index contributed by atoms with van der Waals surface area (Å²) in [5.74, 6) is 0.594. The number of benzene rings is 1. The summed E-state index contributed by atoms with van der Waals surface area (Å²) >= 11 is 6.35. The molecule has 1 fully saturated rings. The van der Waals surface area contributed by atoms with Gasteiger partial charge in [-0.2, -0.15) is 0 Å². The van der Waals surface area contributed by atoms with E-state index in [0.717, 1.165) is 5.56 Å². The van der Waals surface area contributed by atoms with Gasteiger partial charge in [0.1, 0.15) is 11.8 Å². The van der Waals surface area contributed by atoms with Gasteiger partial charge in [0.15, 0.2) is 5.82 Å². The Bertz CT molecular complexity index is 879. The Morgan fingerprint density at radius 1 is 1.23 bits per heavy atom. The lowest BCUT2D eigenvalue weighted by Crippen LogP contribution is -2.55. The van der Waals surface area contributed by atoms with E-state index in [2.05, 4.69) is 20.3 Å². The largest absolute Gasteiger partial charge is 0.468 e. The van der Waals surface area contributed by atoms with Gasteiger partial charge in [-0.15, -0.1) is 0 Å². The number of amides is 1. The number of ether oxygens (including phenoxy) is 1. The summed E-state index contributed by atoms with van der Waals surface area (Å²) in [4.78, 5) is 29.5. The highest BCUT2D eigenvalue weighted by Gasteiger charge is 2.35. The van der Waals surface area contributed by atoms with Gasteiger partial charge < -0.3 is 14.6 Å². The number of hydrogen-bond acceptors (Lipinski definition) is 7. The summed E-state index contributed by atoms with van der Waals surface area (Å²) in [5.41, 5.74) is 0.727. The number of carbonyl (C=O) groups is 2. The Labute approximate surface area is 181 Å². The van der Waals surface area contributed by atoms with Crippen LogP contribution in [-0.2, 0) is 14.3 Å². The zero-order valence-electron chi connectivity index (χ0n) is 17.4. The normalized spacial score (nSPS) is 17.3. The summed E-state index contributed by atoms with van der Waals surface area (Å²) in [6.07, 6.45) is 0.660. The number of carbonyl (C=O) groups excluding carboxylic acids is 2. The van der Waals surface area contributed by atoms with Gasteiger partial charge in [0, 0.05) is 37.3 Å². The van der Waals surface area contributed by atoms with Crippen molar-refractivity contribution in [1.82, 2.24) is 15.0 Å². The molecular weight excluding hydrogens is 408 g/mol. The van der Waals surface area contributed by atoms with Gasteiger partial charge in [-0.05, 0) is 25.0 Å². The number of hydrogen-bond donors (Lipinski definition) is 1. The van der Waals surface area contributed by atoms with Crippen molar-refractivity contribution < 1.29 is 18.8 Å². The van der Waals surface area contributed by atoms with Crippen molar-refractivity contribution in [3.63, 3.8) is 0 Å². The number of aromatic nitrogens is 1. The maximum Gasteiger partial charge on any atom is 0.327 e. The zero-order valence-corrected chi connectivity index (χ0v) is 18.2. The second kappa shape index (κ2) is 10.1. The van der Waals surface area contributed by atoms with Crippen molar-refractivity contribution in [3.05, 3.63) is 46.7 Å². The number of piperazine rings is 1. The fourth-order valence-electron chi connectivity index (χ4n) is 3.83. The number of nitrogens with zero attached hydrogens (tertiary/aromatic N) is 3. The van der Waals surface area contributed by atoms with Crippen LogP contribution in [0.1, 0.15) is 30.7 Å². The molecule has 1 amide bonds. The highest BCUT2D eigenvalue weighted by Crippen LogP contribution is 2.30. The van der Waals surface area contributed by atoms with Gasteiger partial charge in [0.05, 0.1) is 13.2 Å². The Morgan fingerprint density at radius 3 is 2.47 bits per heavy atom. The third-order valence-electron chi connectivity index (χ3n) is 5.35. The number of rotatable bonds is 7. The van der Waals surface area contributed by atoms with Crippen LogP contribution in [0.5, 0.6) is 0 Å². The van der Waals surface area contributed by atoms with E-state index in [1.165, 1.54) is 7.11 Å². The van der Waals surface area contributed by atoms with Gasteiger partial charge >= 0.3 is 5.97 Å². The van der Waals surface area contributed by atoms with Gasteiger partial charge in [0.25, 0.3) is 0 Å². The molecular formula is C21H27ClN4O4. The van der Waals surface area contributed by atoms with E-state index < -0.39 is 6.04 Å². The van der Waals surface area contributed by atoms with E-state index in [0.29, 0.717) is 49.2 Å². The van der Waals surface area contributed by atoms with Crippen molar-refractivity contribution >= 4 is 29.3 Å². The van der Waals surface area contributed by atoms with Crippen molar-refractivity contribution in [2.75, 3.05) is 38.6 Å². The second-order valence-corrected chi connectivity index (χ2v) is 7.66. The lowest BCUT2D eigenvalue weighted by molar-refractivity contribution is -0.148. The summed E-state index contributed by atoms with van der Waals surface area (Å²) < 4.78 is 10.1. The van der Waals surface area contributed by atoms with Gasteiger partial charge in [-0.3, -0.25) is 14.6 Å². The molecule has 8 nitrogen and oxygen atoms in total. The molecule has 162 valence electrons. The molecule has 30 heavy (non-hydrogen) atoms. The van der Waals surface area contributed by atoms with Crippen LogP contribution < -0.4 is 5.32 Å². The van der Waals surface area contributed by atoms with Crippen molar-refractivity contribution in [2.24, 2.45) is 0 Å². The predicted molar refractivity (Wildman–Crippen MR) is 113 cm³/mol. The Hall–Kier alpha value is -2.42. The maximum atomic E-state index is 12.7. The summed E-state index contributed by atoms with van der Waals surface area (Å²) in [6.45, 7) is 6.25. The number of halogens is 1. The Kier molecular flexibility index (Phi) is 7.47. The van der Waals surface area contributed by atoms with Crippen LogP contribution in [-0.4, -0.2) is 66.2 Å². The van der Waals surface area contributed by atoms with Crippen LogP contribution in [0.2, 0.25) is 5.02 Å². The quantitative estimate of drug-likeness (QED) is 0.670. The van der Waals surface area contributed by atoms with Crippen molar-refractivity contribution in [3.8, 4) is 0 Å². The molecule has 1 saturated heterocycles. The summed E-state index contributed by atoms with van der Waals surface area (Å²) in [7, 11) is 1.38. The summed E-state index contributed by atoms with van der Waals surface area (Å²) in [5, 5.41) is 7.17. The molecule has 2 unspecified atom stereocenters. The molecule has 2 atom stereocenters. The molecule has 2 heterocycles. The first kappa shape index (κ1) is 22.3. The van der Waals surface area contributed by atoms with Crippen LogP contribution in [0.15, 0.2) is 34.9 Å². The van der Waals surface area contributed by atoms with Crippen LogP contribution in [0.4, 0.5) is 5.82 Å². The lowest BCUT2D eigenvalue weighted by atomic mass is 10.0. The van der Waals surface area contributed by atoms with E-state index in [4.69, 9.17) is 20.9 Å². The van der Waals surface area contributed by atoms with Crippen LogP contribution >= 0.6 is 11.6 Å². The number of methoxy groups -OCH3 is 1. The van der Waals surface area contributed by atoms with Crippen LogP contribution in [0.3, 0.4) is 0 Å². The standard InChI is InChI=1S/C21H27ClN4O4/c1-4-17(20(27)23-18-13-14(2)30-24-18)25-9-11-26(12-10-25)19(21(28)29-3)15-7-5-6-8-16(15)22/h5-8,13,17,19H,4,9-12H2,1-3H3,(H,23,24,27). The minimum atomic E-state index is -0.571. The first-order chi connectivity index (χ1) is 14.4. The fraction of sp³-hybridized carbons (Fsp3) is 0.476. The van der Waals surface area contributed by atoms with Crippen molar-refractivity contribution in [1.29, 1.82) is 0 Å². The molecule has 2 aromatic rings. The molecule has 0 aliphatic carbocycles. The van der Waals surface area contributed by atoms with E-state index >= 15 is 0 Å². The summed E-state index contributed by atoms with van der Waals surface area (Å²) in [6, 6.07) is 8.13. The zero-order chi connectivity index (χ0) is 21.7. The molecule has 1 N–H and O–H groups in total. The second-order valence-electron chi connectivity index (χ2n) is 7.26. The van der Waals surface area contributed by atoms with E-state index in [9.17, 15) is 9.59 Å². The number of nitrogens with one attached hydrogen (secondary N) is 1. The third kappa shape index (κ3) is 5.00. The average Bonchev–Trinajstić information content (AvgIpc) is 3.15. The van der Waals surface area contributed by atoms with E-state index in [1.807, 2.05) is 25.1 Å². The topological polar surface area (TPSA) is 87.9 Å². The monoisotopic (exact) mass is 434 g/mol. The average molecular weight is 435 g/mol. The lowest BCUT2D eigenvalue weighted by Gasteiger charge is -2.40. The molecule has 1 aliphatic heterocycles. The Balaban J connectivity index is 1.67. The number of anilines is 1. The predicted octanol–water partition coefficient (Wildman–Crippen LogP) is 2.89. The molecule has 0 radical (unpaired) electrons. The van der Waals surface area contributed by atoms with Crippen LogP contribution in [0.25, 0.3) is 0 Å². The molecule has 1 aromatic carbocycles. The minimum absolute atomic E-state index is 0.116. The molecule has 9 heteroatoms. The first-order valence-corrected chi connectivity index (χ1v) is 10.4. The van der Waals surface area contributed by atoms with E-state index in [1.54, 1.807) is 19.1 Å². The maximum absolute atomic E-state index is 12.7. The SMILES string of the molecule is CCC(C(=O)Nc1cc(C)on1)N1CCN(C(C(=O)OC)c2ccccc2Cl)CC1. The molecule has 0 bridgehead atoms. The smallest absolute Gasteiger partial charge is 0.327 e. The highest BCUT2D eigenvalue weighted by atomic mass is 35.5. The highest BCUT2D eigenvalue weighted by molar-refractivity contribution is 6.31. The molecule has 0 saturated carbocycles. The fourth-order valence-corrected chi connectivity index (χ4v) is 4.07. The third-order valence-corrected chi connectivity index (χ3v) is 5.69. The first-order valence-electron chi connectivity index (χ1n) is 9.99. The van der Waals surface area contributed by atoms with Crippen LogP contribution in [0, 0.1) is 6.92 Å². The molecule has 1 aromatic heterocycles. The van der Waals surface area contributed by atoms with E-state index in [-0.39, 0.29) is 17.9 Å².